The molecule has 0 spiro atoms. The van der Waals surface area contributed by atoms with E-state index in [4.69, 9.17) is 4.74 Å². The lowest BCUT2D eigenvalue weighted by Crippen LogP contribution is -2.52. The molecule has 2 aromatic carbocycles. The average Bonchev–Trinajstić information content (AvgIpc) is 3.08. The van der Waals surface area contributed by atoms with Crippen LogP contribution in [0.15, 0.2) is 48.5 Å². The molecule has 7 nitrogen and oxygen atoms in total. The third-order valence-electron chi connectivity index (χ3n) is 5.68. The summed E-state index contributed by atoms with van der Waals surface area (Å²) in [7, 11) is 0. The van der Waals surface area contributed by atoms with Gasteiger partial charge in [0.1, 0.15) is 18.7 Å². The second-order valence-electron chi connectivity index (χ2n) is 8.46. The fraction of sp³-hybridized carbons (Fsp3) is 0.400. The minimum absolute atomic E-state index is 0.0815. The van der Waals surface area contributed by atoms with Crippen LogP contribution in [-0.4, -0.2) is 41.8 Å². The second kappa shape index (κ2) is 10.3. The van der Waals surface area contributed by atoms with Gasteiger partial charge >= 0.3 is 12.1 Å². The van der Waals surface area contributed by atoms with Crippen LogP contribution in [0.3, 0.4) is 0 Å². The predicted molar refractivity (Wildman–Crippen MR) is 121 cm³/mol. The SMILES string of the molecule is CCC(NC(=O)[C@H](CC(C)C)NC(=O)OCC1c2ccccc2-c2ccccc21)C(=O)O. The first-order valence-electron chi connectivity index (χ1n) is 11.0. The molecular weight excluding hydrogens is 408 g/mol. The summed E-state index contributed by atoms with van der Waals surface area (Å²) >= 11 is 0. The van der Waals surface area contributed by atoms with Gasteiger partial charge in [0, 0.05) is 5.92 Å². The Labute approximate surface area is 188 Å². The minimum Gasteiger partial charge on any atom is -0.480 e. The van der Waals surface area contributed by atoms with Gasteiger partial charge in [0.25, 0.3) is 0 Å². The first-order chi connectivity index (χ1) is 15.3. The summed E-state index contributed by atoms with van der Waals surface area (Å²) in [4.78, 5) is 36.5. The van der Waals surface area contributed by atoms with E-state index in [1.807, 2.05) is 50.2 Å². The highest BCUT2D eigenvalue weighted by molar-refractivity contribution is 5.89. The monoisotopic (exact) mass is 438 g/mol. The first-order valence-corrected chi connectivity index (χ1v) is 11.0. The normalized spacial score (nSPS) is 14.2. The third-order valence-corrected chi connectivity index (χ3v) is 5.68. The van der Waals surface area contributed by atoms with E-state index in [9.17, 15) is 19.5 Å². The molecule has 0 heterocycles. The van der Waals surface area contributed by atoms with Gasteiger partial charge in [-0.05, 0) is 41.0 Å². The molecular formula is C25H30N2O5. The maximum absolute atomic E-state index is 12.6. The van der Waals surface area contributed by atoms with Crippen LogP contribution in [0.25, 0.3) is 11.1 Å². The van der Waals surface area contributed by atoms with Crippen LogP contribution >= 0.6 is 0 Å². The number of hydrogen-bond acceptors (Lipinski definition) is 4. The predicted octanol–water partition coefficient (Wildman–Crippen LogP) is 3.92. The summed E-state index contributed by atoms with van der Waals surface area (Å²) in [5.41, 5.74) is 4.47. The van der Waals surface area contributed by atoms with Crippen molar-refractivity contribution >= 4 is 18.0 Å². The van der Waals surface area contributed by atoms with Crippen molar-refractivity contribution in [2.24, 2.45) is 5.92 Å². The Balaban J connectivity index is 1.67. The van der Waals surface area contributed by atoms with E-state index in [2.05, 4.69) is 22.8 Å². The number of ether oxygens (including phenoxy) is 1. The molecule has 7 heteroatoms. The summed E-state index contributed by atoms with van der Waals surface area (Å²) in [5.74, 6) is -1.60. The molecule has 170 valence electrons. The van der Waals surface area contributed by atoms with Gasteiger partial charge in [-0.1, -0.05) is 69.3 Å². The van der Waals surface area contributed by atoms with Gasteiger partial charge in [-0.25, -0.2) is 9.59 Å². The number of benzene rings is 2. The first kappa shape index (κ1) is 23.3. The highest BCUT2D eigenvalue weighted by atomic mass is 16.5. The van der Waals surface area contributed by atoms with Gasteiger partial charge in [0.05, 0.1) is 0 Å². The summed E-state index contributed by atoms with van der Waals surface area (Å²) < 4.78 is 5.53. The molecule has 2 aromatic rings. The van der Waals surface area contributed by atoms with Gasteiger partial charge in [-0.3, -0.25) is 4.79 Å². The number of hydrogen-bond donors (Lipinski definition) is 3. The maximum Gasteiger partial charge on any atom is 0.407 e. The van der Waals surface area contributed by atoms with Gasteiger partial charge in [0.15, 0.2) is 0 Å². The zero-order chi connectivity index (χ0) is 23.3. The quantitative estimate of drug-likeness (QED) is 0.550. The molecule has 0 fully saturated rings. The van der Waals surface area contributed by atoms with Gasteiger partial charge in [-0.2, -0.15) is 0 Å². The standard InChI is InChI=1S/C25H30N2O5/c1-4-21(24(29)30)26-23(28)22(13-15(2)3)27-25(31)32-14-20-18-11-7-5-9-16(18)17-10-6-8-12-19(17)20/h5-12,15,20-22H,4,13-14H2,1-3H3,(H,26,28)(H,27,31)(H,29,30)/t21?,22-/m0/s1. The largest absolute Gasteiger partial charge is 0.480 e. The van der Waals surface area contributed by atoms with Crippen LogP contribution in [0.5, 0.6) is 0 Å². The Morgan fingerprint density at radius 3 is 2.00 bits per heavy atom. The zero-order valence-corrected chi connectivity index (χ0v) is 18.6. The van der Waals surface area contributed by atoms with E-state index in [1.165, 1.54) is 0 Å². The smallest absolute Gasteiger partial charge is 0.407 e. The molecule has 1 aliphatic carbocycles. The average molecular weight is 439 g/mol. The molecule has 3 rings (SSSR count). The van der Waals surface area contributed by atoms with Crippen LogP contribution in [0.1, 0.15) is 50.7 Å². The molecule has 0 saturated heterocycles. The number of fused-ring (bicyclic) bond motifs is 3. The molecule has 1 aliphatic rings. The Morgan fingerprint density at radius 1 is 0.938 bits per heavy atom. The summed E-state index contributed by atoms with van der Waals surface area (Å²) in [6.07, 6.45) is -0.0806. The lowest BCUT2D eigenvalue weighted by Gasteiger charge is -2.22. The molecule has 32 heavy (non-hydrogen) atoms. The Bertz CT molecular complexity index is 942. The maximum atomic E-state index is 12.6. The van der Waals surface area contributed by atoms with E-state index in [0.717, 1.165) is 22.3 Å². The Morgan fingerprint density at radius 2 is 1.50 bits per heavy atom. The number of carboxylic acids is 1. The third kappa shape index (κ3) is 5.28. The molecule has 0 aliphatic heterocycles. The van der Waals surface area contributed by atoms with E-state index in [1.54, 1.807) is 6.92 Å². The second-order valence-corrected chi connectivity index (χ2v) is 8.46. The Hall–Kier alpha value is -3.35. The number of carbonyl (C=O) groups excluding carboxylic acids is 2. The van der Waals surface area contributed by atoms with Crippen molar-refractivity contribution in [1.82, 2.24) is 10.6 Å². The van der Waals surface area contributed by atoms with Gasteiger partial charge in [0.2, 0.25) is 5.91 Å². The molecule has 3 N–H and O–H groups in total. The van der Waals surface area contributed by atoms with Crippen molar-refractivity contribution in [3.63, 3.8) is 0 Å². The van der Waals surface area contributed by atoms with E-state index >= 15 is 0 Å². The van der Waals surface area contributed by atoms with Gasteiger partial charge < -0.3 is 20.5 Å². The van der Waals surface area contributed by atoms with Crippen molar-refractivity contribution < 1.29 is 24.2 Å². The lowest BCUT2D eigenvalue weighted by molar-refractivity contribution is -0.142. The summed E-state index contributed by atoms with van der Waals surface area (Å²) in [6.45, 7) is 5.67. The Kier molecular flexibility index (Phi) is 7.51. The highest BCUT2D eigenvalue weighted by Crippen LogP contribution is 2.44. The van der Waals surface area contributed by atoms with Crippen molar-refractivity contribution in [1.29, 1.82) is 0 Å². The molecule has 2 atom stereocenters. The number of aliphatic carboxylic acids is 1. The van der Waals surface area contributed by atoms with E-state index in [0.29, 0.717) is 6.42 Å². The lowest BCUT2D eigenvalue weighted by atomic mass is 9.98. The number of alkyl carbamates (subject to hydrolysis) is 1. The van der Waals surface area contributed by atoms with Crippen molar-refractivity contribution in [2.45, 2.75) is 51.6 Å². The van der Waals surface area contributed by atoms with Crippen LogP contribution in [0, 0.1) is 5.92 Å². The topological polar surface area (TPSA) is 105 Å². The van der Waals surface area contributed by atoms with Crippen LogP contribution in [0.4, 0.5) is 4.79 Å². The number of carbonyl (C=O) groups is 3. The number of nitrogens with one attached hydrogen (secondary N) is 2. The fourth-order valence-electron chi connectivity index (χ4n) is 4.10. The molecule has 0 aromatic heterocycles. The van der Waals surface area contributed by atoms with Gasteiger partial charge in [-0.15, -0.1) is 0 Å². The number of carboxylic acid groups (broad SMARTS) is 1. The zero-order valence-electron chi connectivity index (χ0n) is 18.6. The van der Waals surface area contributed by atoms with E-state index < -0.39 is 30.1 Å². The number of amides is 2. The number of rotatable bonds is 9. The van der Waals surface area contributed by atoms with Crippen molar-refractivity contribution in [3.05, 3.63) is 59.7 Å². The molecule has 0 bridgehead atoms. The molecule has 1 unspecified atom stereocenters. The van der Waals surface area contributed by atoms with E-state index in [-0.39, 0.29) is 24.9 Å². The van der Waals surface area contributed by atoms with Crippen molar-refractivity contribution in [3.8, 4) is 11.1 Å². The summed E-state index contributed by atoms with van der Waals surface area (Å²) in [5, 5.41) is 14.3. The minimum atomic E-state index is -1.11. The highest BCUT2D eigenvalue weighted by Gasteiger charge is 2.30. The fourth-order valence-corrected chi connectivity index (χ4v) is 4.10. The molecule has 2 amide bonds. The van der Waals surface area contributed by atoms with Crippen molar-refractivity contribution in [2.75, 3.05) is 6.61 Å². The van der Waals surface area contributed by atoms with Crippen LogP contribution < -0.4 is 10.6 Å². The summed E-state index contributed by atoms with van der Waals surface area (Å²) in [6, 6.07) is 14.2. The molecule has 0 radical (unpaired) electrons. The van der Waals surface area contributed by atoms with Crippen LogP contribution in [0.2, 0.25) is 0 Å². The van der Waals surface area contributed by atoms with Crippen LogP contribution in [-0.2, 0) is 14.3 Å². The molecule has 0 saturated carbocycles.